The van der Waals surface area contributed by atoms with Crippen LogP contribution >= 0.6 is 7.44 Å². The molecule has 4 heterocycles. The van der Waals surface area contributed by atoms with E-state index in [4.69, 9.17) is 14.9 Å². The molecule has 14 nitrogen and oxygen atoms in total. The van der Waals surface area contributed by atoms with E-state index in [0.717, 1.165) is 31.4 Å². The summed E-state index contributed by atoms with van der Waals surface area (Å²) in [4.78, 5) is 40.2. The number of nitrogens with one attached hydrogen (secondary N) is 3. The number of likely N-dealkylation sites (N-methyl/N-ethyl adjacent to an activating group) is 1. The fourth-order valence-electron chi connectivity index (χ4n) is 6.22. The predicted octanol–water partition coefficient (Wildman–Crippen LogP) is 2.70. The first kappa shape index (κ1) is 33.1. The van der Waals surface area contributed by atoms with Crippen LogP contribution in [0.4, 0.5) is 11.5 Å². The minimum atomic E-state index is -3.18. The summed E-state index contributed by atoms with van der Waals surface area (Å²) in [6.45, 7) is 7.47. The first-order chi connectivity index (χ1) is 21.4. The van der Waals surface area contributed by atoms with Gasteiger partial charge in [-0.25, -0.2) is 19.7 Å². The summed E-state index contributed by atoms with van der Waals surface area (Å²) in [6, 6.07) is 3.25. The van der Waals surface area contributed by atoms with Gasteiger partial charge in [0.15, 0.2) is 5.54 Å². The maximum absolute atomic E-state index is 13.9. The number of esters is 1. The van der Waals surface area contributed by atoms with E-state index in [9.17, 15) is 14.2 Å². The topological polar surface area (TPSA) is 156 Å². The number of carbonyl (C=O) groups excluding carboxylic acids is 2. The first-order valence-electron chi connectivity index (χ1n) is 15.6. The third kappa shape index (κ3) is 6.79. The smallest absolute Gasteiger partial charge is 0.323 e. The van der Waals surface area contributed by atoms with Crippen LogP contribution in [0.15, 0.2) is 35.1 Å². The second kappa shape index (κ2) is 13.2. The van der Waals surface area contributed by atoms with Gasteiger partial charge in [-0.3, -0.25) is 19.6 Å². The molecule has 3 aliphatic heterocycles. The molecule has 1 aliphatic carbocycles. The molecule has 246 valence electrons. The maximum Gasteiger partial charge on any atom is 0.323 e. The molecule has 1 aromatic rings. The molecule has 1 spiro atoms. The monoisotopic (exact) mass is 643 g/mol. The Bertz CT molecular complexity index is 1400. The number of piperazine rings is 1. The van der Waals surface area contributed by atoms with Crippen molar-refractivity contribution in [2.24, 2.45) is 4.99 Å². The Morgan fingerprint density at radius 3 is 2.42 bits per heavy atom. The molecule has 3 atom stereocenters. The van der Waals surface area contributed by atoms with Gasteiger partial charge in [-0.1, -0.05) is 12.8 Å². The van der Waals surface area contributed by atoms with Crippen LogP contribution < -0.4 is 15.3 Å². The third-order valence-corrected chi connectivity index (χ3v) is 11.3. The van der Waals surface area contributed by atoms with E-state index in [1.54, 1.807) is 46.0 Å². The Morgan fingerprint density at radius 2 is 1.84 bits per heavy atom. The molecular formula is C30H46N9O5P. The van der Waals surface area contributed by atoms with Gasteiger partial charge in [-0.15, -0.1) is 0 Å². The zero-order valence-corrected chi connectivity index (χ0v) is 28.0. The van der Waals surface area contributed by atoms with Crippen molar-refractivity contribution in [2.75, 3.05) is 63.9 Å². The van der Waals surface area contributed by atoms with Gasteiger partial charge in [0, 0.05) is 53.4 Å². The number of hydrogen-bond acceptors (Lipinski definition) is 10. The van der Waals surface area contributed by atoms with Crippen molar-refractivity contribution in [3.63, 3.8) is 0 Å². The number of pyridine rings is 1. The molecule has 1 aromatic heterocycles. The Morgan fingerprint density at radius 1 is 1.16 bits per heavy atom. The number of aromatic nitrogens is 1. The number of aliphatic imine (C=N–C) groups is 1. The number of methoxy groups -OCH3 is 1. The van der Waals surface area contributed by atoms with Gasteiger partial charge in [0.25, 0.3) is 5.91 Å². The van der Waals surface area contributed by atoms with Crippen LogP contribution in [0.5, 0.6) is 0 Å². The lowest BCUT2D eigenvalue weighted by molar-refractivity contribution is -0.149. The summed E-state index contributed by atoms with van der Waals surface area (Å²) in [6.07, 6.45) is 7.44. The van der Waals surface area contributed by atoms with Gasteiger partial charge in [-0.05, 0) is 51.8 Å². The van der Waals surface area contributed by atoms with E-state index >= 15 is 0 Å². The molecule has 0 radical (unpaired) electrons. The number of anilines is 2. The van der Waals surface area contributed by atoms with Crippen molar-refractivity contribution >= 4 is 42.5 Å². The van der Waals surface area contributed by atoms with E-state index < -0.39 is 25.0 Å². The second-order valence-electron chi connectivity index (χ2n) is 12.5. The van der Waals surface area contributed by atoms with Crippen molar-refractivity contribution in [1.29, 1.82) is 5.41 Å². The average molecular weight is 644 g/mol. The molecule has 1 saturated carbocycles. The van der Waals surface area contributed by atoms with Crippen LogP contribution in [0, 0.1) is 5.41 Å². The molecule has 15 heteroatoms. The van der Waals surface area contributed by atoms with Crippen LogP contribution in [0.1, 0.15) is 46.5 Å². The Balaban J connectivity index is 1.19. The van der Waals surface area contributed by atoms with Gasteiger partial charge in [0.05, 0.1) is 18.0 Å². The summed E-state index contributed by atoms with van der Waals surface area (Å²) in [5.41, 5.74) is 0.513. The highest BCUT2D eigenvalue weighted by Gasteiger charge is 2.59. The van der Waals surface area contributed by atoms with E-state index in [0.29, 0.717) is 49.4 Å². The lowest BCUT2D eigenvalue weighted by Crippen LogP contribution is -2.49. The number of amides is 1. The van der Waals surface area contributed by atoms with Gasteiger partial charge in [0.2, 0.25) is 7.44 Å². The van der Waals surface area contributed by atoms with Gasteiger partial charge < -0.3 is 29.5 Å². The van der Waals surface area contributed by atoms with E-state index in [2.05, 4.69) is 25.3 Å². The fourth-order valence-corrected chi connectivity index (χ4v) is 8.51. The number of rotatable bonds is 11. The summed E-state index contributed by atoms with van der Waals surface area (Å²) in [5, 5.41) is 15.3. The molecule has 0 bridgehead atoms. The summed E-state index contributed by atoms with van der Waals surface area (Å²) >= 11 is 0. The van der Waals surface area contributed by atoms with Crippen LogP contribution in [0.3, 0.4) is 0 Å². The summed E-state index contributed by atoms with van der Waals surface area (Å²) in [7, 11) is 1.77. The highest BCUT2D eigenvalue weighted by atomic mass is 31.2. The van der Waals surface area contributed by atoms with Crippen LogP contribution in [0.2, 0.25) is 0 Å². The molecule has 1 amide bonds. The highest BCUT2D eigenvalue weighted by Crippen LogP contribution is 2.47. The molecule has 2 fully saturated rings. The zero-order chi connectivity index (χ0) is 32.5. The molecule has 3 N–H and O–H groups in total. The van der Waals surface area contributed by atoms with Crippen molar-refractivity contribution in [2.45, 2.75) is 70.2 Å². The SMILES string of the molecule is COCP(=O)(N[C@@H](C)C(=O)OC(C)C)N1CCN(c2ccc(NC3=NC34C=C(C(=O)N(C)C)N(C3CCCC3)C4=N)nc2)CC1. The van der Waals surface area contributed by atoms with Crippen molar-refractivity contribution < 1.29 is 23.6 Å². The number of nitrogens with zero attached hydrogens (tertiary/aromatic N) is 6. The lowest BCUT2D eigenvalue weighted by atomic mass is 10.1. The molecule has 5 rings (SSSR count). The number of carbonyl (C=O) groups is 2. The number of hydrogen-bond donors (Lipinski definition) is 3. The minimum Gasteiger partial charge on any atom is -0.462 e. The standard InChI is InChI=1S/C30H46N9O5P/c1-20(2)44-27(41)21(3)35-45(42,19-43-6)38-15-13-37(14-16-38)23-11-12-25(32-18-23)33-29-30(34-29)17-24(26(40)36(4)5)39(28(30)31)22-9-7-8-10-22/h11-12,17-18,20-22,31H,7-10,13-16,19H2,1-6H3,(H,35,42)(H,32,33,34)/t21-,30?,45?/m0/s1. The number of ether oxygens (including phenoxy) is 2. The molecule has 0 aromatic carbocycles. The third-order valence-electron chi connectivity index (χ3n) is 8.60. The van der Waals surface area contributed by atoms with Crippen molar-refractivity contribution in [3.05, 3.63) is 30.1 Å². The van der Waals surface area contributed by atoms with Crippen molar-refractivity contribution in [1.82, 2.24) is 24.5 Å². The van der Waals surface area contributed by atoms with Gasteiger partial charge >= 0.3 is 5.97 Å². The largest absolute Gasteiger partial charge is 0.462 e. The van der Waals surface area contributed by atoms with Gasteiger partial charge in [0.1, 0.15) is 35.6 Å². The van der Waals surface area contributed by atoms with Crippen LogP contribution in [-0.4, -0.2) is 120 Å². The molecule has 1 saturated heterocycles. The lowest BCUT2D eigenvalue weighted by Gasteiger charge is -2.40. The van der Waals surface area contributed by atoms with Crippen molar-refractivity contribution in [3.8, 4) is 0 Å². The van der Waals surface area contributed by atoms with Crippen LogP contribution in [0.25, 0.3) is 0 Å². The van der Waals surface area contributed by atoms with Crippen LogP contribution in [-0.2, 0) is 23.6 Å². The Labute approximate surface area is 265 Å². The van der Waals surface area contributed by atoms with E-state index in [1.165, 1.54) is 7.11 Å². The maximum atomic E-state index is 13.9. The first-order valence-corrected chi connectivity index (χ1v) is 17.5. The Hall–Kier alpha value is -3.32. The predicted molar refractivity (Wildman–Crippen MR) is 174 cm³/mol. The average Bonchev–Trinajstić information content (AvgIpc) is 3.29. The Kier molecular flexibility index (Phi) is 9.69. The van der Waals surface area contributed by atoms with E-state index in [1.807, 2.05) is 27.8 Å². The summed E-state index contributed by atoms with van der Waals surface area (Å²) < 4.78 is 26.3. The normalized spacial score (nSPS) is 24.0. The molecule has 2 unspecified atom stereocenters. The minimum absolute atomic E-state index is 0.0184. The second-order valence-corrected chi connectivity index (χ2v) is 15.0. The quantitative estimate of drug-likeness (QED) is 0.241. The highest BCUT2D eigenvalue weighted by molar-refractivity contribution is 7.59. The number of amidine groups is 2. The van der Waals surface area contributed by atoms with E-state index in [-0.39, 0.29) is 24.4 Å². The molecule has 45 heavy (non-hydrogen) atoms. The molecule has 4 aliphatic rings. The van der Waals surface area contributed by atoms with Gasteiger partial charge in [-0.2, -0.15) is 0 Å². The fraction of sp³-hybridized carbons (Fsp3) is 0.633. The zero-order valence-electron chi connectivity index (χ0n) is 27.1. The molecular weight excluding hydrogens is 597 g/mol. The summed E-state index contributed by atoms with van der Waals surface area (Å²) in [5.74, 6) is 0.967.